The fourth-order valence-electron chi connectivity index (χ4n) is 2.62. The summed E-state index contributed by atoms with van der Waals surface area (Å²) in [5, 5.41) is 8.37. The first kappa shape index (κ1) is 20.3. The van der Waals surface area contributed by atoms with Gasteiger partial charge >= 0.3 is 6.18 Å². The summed E-state index contributed by atoms with van der Waals surface area (Å²) in [4.78, 5) is -0.842. The average Bonchev–Trinajstić information content (AvgIpc) is 3.01. The largest absolute Gasteiger partial charge is 0.437 e. The van der Waals surface area contributed by atoms with E-state index in [0.29, 0.717) is 16.7 Å². The number of hydrogen-bond donors (Lipinski definition) is 1. The molecule has 0 atom stereocenters. The van der Waals surface area contributed by atoms with E-state index in [-0.39, 0.29) is 16.9 Å². The first-order valence-corrected chi connectivity index (χ1v) is 9.48. The molecule has 11 heteroatoms. The first-order chi connectivity index (χ1) is 12.9. The number of nitrogens with two attached hydrogens (primary N) is 1. The highest BCUT2D eigenvalue weighted by molar-refractivity contribution is 7.89. The Bertz CT molecular complexity index is 1170. The summed E-state index contributed by atoms with van der Waals surface area (Å²) in [5.41, 5.74) is -1.38. The first-order valence-electron chi connectivity index (χ1n) is 7.55. The summed E-state index contributed by atoms with van der Waals surface area (Å²) in [7, 11) is -4.38. The molecule has 0 aliphatic carbocycles. The molecular formula is C17H11ClF4N2O3S. The summed E-state index contributed by atoms with van der Waals surface area (Å²) in [5.74, 6) is -1.57. The van der Waals surface area contributed by atoms with Crippen molar-refractivity contribution < 1.29 is 30.5 Å². The number of alkyl halides is 3. The molecule has 0 radical (unpaired) electrons. The predicted molar refractivity (Wildman–Crippen MR) is 93.5 cm³/mol. The molecule has 0 spiro atoms. The summed E-state index contributed by atoms with van der Waals surface area (Å²) in [6.07, 6.45) is -4.90. The lowest BCUT2D eigenvalue weighted by Gasteiger charge is -2.09. The molecule has 0 saturated heterocycles. The second-order valence-electron chi connectivity index (χ2n) is 5.89. The van der Waals surface area contributed by atoms with Crippen LogP contribution in [0.5, 0.6) is 0 Å². The van der Waals surface area contributed by atoms with Crippen LogP contribution < -0.4 is 5.14 Å². The molecule has 28 heavy (non-hydrogen) atoms. The van der Waals surface area contributed by atoms with E-state index in [9.17, 15) is 26.0 Å². The molecule has 0 saturated carbocycles. The molecule has 148 valence electrons. The van der Waals surface area contributed by atoms with E-state index in [1.807, 2.05) is 0 Å². The van der Waals surface area contributed by atoms with Crippen LogP contribution >= 0.6 is 11.6 Å². The standard InChI is InChI=1S/C17H11ClF4N2O3S/c1-8-6-10(2-4-11(8)18)15-14(16(24-27-15)17(20,21)22)9-3-5-13(12(19)7-9)28(23,25)26/h2-7H,1H3,(H2,23,25,26). The van der Waals surface area contributed by atoms with Gasteiger partial charge in [-0.2, -0.15) is 13.2 Å². The van der Waals surface area contributed by atoms with Crippen LogP contribution in [-0.4, -0.2) is 13.6 Å². The Hall–Kier alpha value is -2.43. The Morgan fingerprint density at radius 1 is 1.11 bits per heavy atom. The zero-order chi connectivity index (χ0) is 20.9. The van der Waals surface area contributed by atoms with Gasteiger partial charge in [-0.25, -0.2) is 17.9 Å². The van der Waals surface area contributed by atoms with Gasteiger partial charge in [-0.15, -0.1) is 0 Å². The lowest BCUT2D eigenvalue weighted by atomic mass is 9.98. The normalized spacial score (nSPS) is 12.4. The van der Waals surface area contributed by atoms with Crippen LogP contribution in [-0.2, 0) is 16.2 Å². The van der Waals surface area contributed by atoms with Gasteiger partial charge < -0.3 is 4.52 Å². The van der Waals surface area contributed by atoms with Crippen LogP contribution in [0.4, 0.5) is 17.6 Å². The topological polar surface area (TPSA) is 86.2 Å². The highest BCUT2D eigenvalue weighted by Crippen LogP contribution is 2.43. The fraction of sp³-hybridized carbons (Fsp3) is 0.118. The minimum Gasteiger partial charge on any atom is -0.355 e. The van der Waals surface area contributed by atoms with Crippen molar-refractivity contribution in [1.29, 1.82) is 0 Å². The molecule has 0 bridgehead atoms. The molecule has 2 N–H and O–H groups in total. The van der Waals surface area contributed by atoms with Gasteiger partial charge in [-0.05, 0) is 48.4 Å². The van der Waals surface area contributed by atoms with Crippen molar-refractivity contribution in [3.8, 4) is 22.5 Å². The van der Waals surface area contributed by atoms with Crippen molar-refractivity contribution in [2.75, 3.05) is 0 Å². The van der Waals surface area contributed by atoms with Crippen LogP contribution in [0.2, 0.25) is 5.02 Å². The number of primary sulfonamides is 1. The molecule has 5 nitrogen and oxygen atoms in total. The number of aromatic nitrogens is 1. The maximum Gasteiger partial charge on any atom is 0.437 e. The monoisotopic (exact) mass is 434 g/mol. The summed E-state index contributed by atoms with van der Waals surface area (Å²) in [6.45, 7) is 1.65. The lowest BCUT2D eigenvalue weighted by Crippen LogP contribution is -2.14. The Balaban J connectivity index is 2.28. The highest BCUT2D eigenvalue weighted by atomic mass is 35.5. The maximum atomic E-state index is 14.2. The molecule has 0 fully saturated rings. The Labute approximate surface area is 161 Å². The molecular weight excluding hydrogens is 424 g/mol. The van der Waals surface area contributed by atoms with Crippen LogP contribution in [0.15, 0.2) is 45.8 Å². The van der Waals surface area contributed by atoms with Gasteiger partial charge in [0.25, 0.3) is 0 Å². The van der Waals surface area contributed by atoms with E-state index in [1.54, 1.807) is 6.92 Å². The zero-order valence-corrected chi connectivity index (χ0v) is 15.6. The van der Waals surface area contributed by atoms with Crippen molar-refractivity contribution >= 4 is 21.6 Å². The number of aryl methyl sites for hydroxylation is 1. The Morgan fingerprint density at radius 2 is 1.75 bits per heavy atom. The summed E-state index contributed by atoms with van der Waals surface area (Å²) < 4.78 is 82.1. The van der Waals surface area contributed by atoms with E-state index >= 15 is 0 Å². The molecule has 3 rings (SSSR count). The van der Waals surface area contributed by atoms with Gasteiger partial charge in [0.1, 0.15) is 10.7 Å². The number of nitrogens with zero attached hydrogens (tertiary/aromatic N) is 1. The number of sulfonamides is 1. The third-order valence-corrected chi connectivity index (χ3v) is 5.28. The lowest BCUT2D eigenvalue weighted by molar-refractivity contribution is -0.142. The third-order valence-electron chi connectivity index (χ3n) is 3.91. The minimum atomic E-state index is -4.90. The van der Waals surface area contributed by atoms with Gasteiger partial charge in [-0.1, -0.05) is 22.8 Å². The number of halogens is 5. The van der Waals surface area contributed by atoms with E-state index in [1.165, 1.54) is 18.2 Å². The van der Waals surface area contributed by atoms with Crippen molar-refractivity contribution in [2.24, 2.45) is 5.14 Å². The molecule has 1 aromatic heterocycles. The van der Waals surface area contributed by atoms with Gasteiger partial charge in [-0.3, -0.25) is 0 Å². The minimum absolute atomic E-state index is 0.232. The fourth-order valence-corrected chi connectivity index (χ4v) is 3.33. The van der Waals surface area contributed by atoms with Crippen LogP contribution in [0, 0.1) is 12.7 Å². The van der Waals surface area contributed by atoms with E-state index in [2.05, 4.69) is 5.16 Å². The average molecular weight is 435 g/mol. The van der Waals surface area contributed by atoms with Gasteiger partial charge in [0.05, 0.1) is 5.56 Å². The number of hydrogen-bond acceptors (Lipinski definition) is 4. The highest BCUT2D eigenvalue weighted by Gasteiger charge is 2.40. The van der Waals surface area contributed by atoms with Crippen molar-refractivity contribution in [2.45, 2.75) is 18.0 Å². The van der Waals surface area contributed by atoms with Crippen molar-refractivity contribution in [3.63, 3.8) is 0 Å². The van der Waals surface area contributed by atoms with Crippen molar-refractivity contribution in [1.82, 2.24) is 5.16 Å². The van der Waals surface area contributed by atoms with Crippen LogP contribution in [0.3, 0.4) is 0 Å². The molecule has 0 aliphatic rings. The van der Waals surface area contributed by atoms with E-state index in [4.69, 9.17) is 21.3 Å². The molecule has 0 amide bonds. The Morgan fingerprint density at radius 3 is 2.29 bits per heavy atom. The zero-order valence-electron chi connectivity index (χ0n) is 14.0. The van der Waals surface area contributed by atoms with Crippen molar-refractivity contribution in [3.05, 3.63) is 58.5 Å². The number of benzene rings is 2. The summed E-state index contributed by atoms with van der Waals surface area (Å²) >= 11 is 5.94. The molecule has 3 aromatic rings. The second kappa shape index (κ2) is 6.87. The molecule has 2 aromatic carbocycles. The maximum absolute atomic E-state index is 14.2. The molecule has 0 unspecified atom stereocenters. The predicted octanol–water partition coefficient (Wildman–Crippen LogP) is 4.78. The Kier molecular flexibility index (Phi) is 4.98. The van der Waals surface area contributed by atoms with E-state index in [0.717, 1.165) is 12.1 Å². The van der Waals surface area contributed by atoms with Crippen LogP contribution in [0.1, 0.15) is 11.3 Å². The van der Waals surface area contributed by atoms with Gasteiger partial charge in [0, 0.05) is 10.6 Å². The smallest absolute Gasteiger partial charge is 0.355 e. The summed E-state index contributed by atoms with van der Waals surface area (Å²) in [6, 6.07) is 6.79. The molecule has 1 heterocycles. The quantitative estimate of drug-likeness (QED) is 0.601. The van der Waals surface area contributed by atoms with Crippen LogP contribution in [0.25, 0.3) is 22.5 Å². The second-order valence-corrected chi connectivity index (χ2v) is 7.82. The number of rotatable bonds is 3. The van der Waals surface area contributed by atoms with Gasteiger partial charge in [0.15, 0.2) is 11.5 Å². The molecule has 0 aliphatic heterocycles. The SMILES string of the molecule is Cc1cc(-c2onc(C(F)(F)F)c2-c2ccc(S(N)(=O)=O)c(F)c2)ccc1Cl. The van der Waals surface area contributed by atoms with E-state index < -0.39 is 38.2 Å². The third kappa shape index (κ3) is 3.75. The van der Waals surface area contributed by atoms with Gasteiger partial charge in [0.2, 0.25) is 10.0 Å².